The first-order valence-electron chi connectivity index (χ1n) is 5.87. The first kappa shape index (κ1) is 11.8. The minimum absolute atomic E-state index is 0.630. The van der Waals surface area contributed by atoms with Crippen molar-refractivity contribution in [3.05, 3.63) is 0 Å². The van der Waals surface area contributed by atoms with Crippen molar-refractivity contribution in [1.82, 2.24) is 10.6 Å². The summed E-state index contributed by atoms with van der Waals surface area (Å²) in [5.41, 5.74) is 0. The second-order valence-corrected chi connectivity index (χ2v) is 4.50. The van der Waals surface area contributed by atoms with Gasteiger partial charge in [-0.2, -0.15) is 0 Å². The maximum atomic E-state index is 5.23. The molecular weight excluding hydrogens is 192 g/mol. The quantitative estimate of drug-likeness (QED) is 0.555. The molecule has 1 rings (SSSR count). The van der Waals surface area contributed by atoms with Gasteiger partial charge in [-0.3, -0.25) is 0 Å². The van der Waals surface area contributed by atoms with Crippen LogP contribution in [0.1, 0.15) is 51.9 Å². The van der Waals surface area contributed by atoms with Crippen molar-refractivity contribution in [1.29, 1.82) is 0 Å². The van der Waals surface area contributed by atoms with E-state index in [1.807, 2.05) is 0 Å². The van der Waals surface area contributed by atoms with Gasteiger partial charge in [-0.1, -0.05) is 32.6 Å². The normalized spacial score (nSPS) is 17.8. The van der Waals surface area contributed by atoms with Crippen molar-refractivity contribution in [3.63, 3.8) is 0 Å². The summed E-state index contributed by atoms with van der Waals surface area (Å²) in [7, 11) is 0. The molecule has 0 heterocycles. The lowest BCUT2D eigenvalue weighted by molar-refractivity contribution is 0.412. The lowest BCUT2D eigenvalue weighted by atomic mass is 9.96. The molecule has 1 saturated carbocycles. The van der Waals surface area contributed by atoms with E-state index in [4.69, 9.17) is 12.2 Å². The van der Waals surface area contributed by atoms with Crippen molar-refractivity contribution in [2.45, 2.75) is 57.9 Å². The van der Waals surface area contributed by atoms with Crippen LogP contribution in [0.4, 0.5) is 0 Å². The number of hydrogen-bond donors (Lipinski definition) is 2. The van der Waals surface area contributed by atoms with Crippen LogP contribution in [0, 0.1) is 0 Å². The van der Waals surface area contributed by atoms with E-state index in [2.05, 4.69) is 17.6 Å². The van der Waals surface area contributed by atoms with Crippen LogP contribution in [-0.2, 0) is 0 Å². The van der Waals surface area contributed by atoms with Crippen LogP contribution in [0.25, 0.3) is 0 Å². The zero-order valence-electron chi connectivity index (χ0n) is 9.14. The standard InChI is InChI=1S/C11H22N2S/c1-2-3-9-12-11(14)13-10-7-5-4-6-8-10/h10H,2-9H2,1H3,(H2,12,13,14). The summed E-state index contributed by atoms with van der Waals surface area (Å²) >= 11 is 5.23. The van der Waals surface area contributed by atoms with E-state index in [-0.39, 0.29) is 0 Å². The third kappa shape index (κ3) is 4.80. The van der Waals surface area contributed by atoms with Gasteiger partial charge in [-0.25, -0.2) is 0 Å². The molecule has 1 aliphatic rings. The Labute approximate surface area is 92.8 Å². The summed E-state index contributed by atoms with van der Waals surface area (Å²) in [6, 6.07) is 0.630. The molecule has 0 radical (unpaired) electrons. The fourth-order valence-electron chi connectivity index (χ4n) is 1.86. The Balaban J connectivity index is 2.06. The van der Waals surface area contributed by atoms with Crippen molar-refractivity contribution < 1.29 is 0 Å². The van der Waals surface area contributed by atoms with E-state index in [1.54, 1.807) is 0 Å². The second kappa shape index (κ2) is 7.04. The molecule has 0 bridgehead atoms. The molecule has 82 valence electrons. The highest BCUT2D eigenvalue weighted by molar-refractivity contribution is 7.80. The maximum Gasteiger partial charge on any atom is 0.166 e. The summed E-state index contributed by atoms with van der Waals surface area (Å²) in [4.78, 5) is 0. The van der Waals surface area contributed by atoms with Gasteiger partial charge < -0.3 is 10.6 Å². The van der Waals surface area contributed by atoms with Crippen LogP contribution in [0.2, 0.25) is 0 Å². The average Bonchev–Trinajstić information content (AvgIpc) is 2.20. The Morgan fingerprint density at radius 2 is 2.00 bits per heavy atom. The Morgan fingerprint density at radius 1 is 1.29 bits per heavy atom. The predicted molar refractivity (Wildman–Crippen MR) is 65.5 cm³/mol. The molecular formula is C11H22N2S. The van der Waals surface area contributed by atoms with E-state index < -0.39 is 0 Å². The van der Waals surface area contributed by atoms with Gasteiger partial charge in [0.25, 0.3) is 0 Å². The molecule has 0 spiro atoms. The molecule has 0 amide bonds. The average molecular weight is 214 g/mol. The summed E-state index contributed by atoms with van der Waals surface area (Å²) in [6.45, 7) is 3.20. The van der Waals surface area contributed by atoms with Gasteiger partial charge in [-0.05, 0) is 31.5 Å². The van der Waals surface area contributed by atoms with Gasteiger partial charge >= 0.3 is 0 Å². The van der Waals surface area contributed by atoms with Crippen molar-refractivity contribution in [2.24, 2.45) is 0 Å². The largest absolute Gasteiger partial charge is 0.363 e. The molecule has 0 saturated heterocycles. The topological polar surface area (TPSA) is 24.1 Å². The summed E-state index contributed by atoms with van der Waals surface area (Å²) in [5, 5.41) is 7.50. The van der Waals surface area contributed by atoms with E-state index in [0.29, 0.717) is 6.04 Å². The molecule has 1 fully saturated rings. The fraction of sp³-hybridized carbons (Fsp3) is 0.909. The summed E-state index contributed by atoms with van der Waals surface area (Å²) in [5.74, 6) is 0. The molecule has 0 unspecified atom stereocenters. The van der Waals surface area contributed by atoms with Crippen molar-refractivity contribution >= 4 is 17.3 Å². The van der Waals surface area contributed by atoms with Crippen LogP contribution in [0.15, 0.2) is 0 Å². The molecule has 0 aliphatic heterocycles. The molecule has 0 atom stereocenters. The van der Waals surface area contributed by atoms with E-state index in [0.717, 1.165) is 11.7 Å². The molecule has 14 heavy (non-hydrogen) atoms. The molecule has 3 heteroatoms. The van der Waals surface area contributed by atoms with Crippen molar-refractivity contribution in [2.75, 3.05) is 6.54 Å². The third-order valence-electron chi connectivity index (χ3n) is 2.76. The van der Waals surface area contributed by atoms with E-state index >= 15 is 0 Å². The van der Waals surface area contributed by atoms with Gasteiger partial charge in [0.15, 0.2) is 5.11 Å². The number of unbranched alkanes of at least 4 members (excludes halogenated alkanes) is 1. The Morgan fingerprint density at radius 3 is 2.64 bits per heavy atom. The predicted octanol–water partition coefficient (Wildman–Crippen LogP) is 2.58. The van der Waals surface area contributed by atoms with Crippen LogP contribution in [0.5, 0.6) is 0 Å². The van der Waals surface area contributed by atoms with E-state index in [9.17, 15) is 0 Å². The number of rotatable bonds is 4. The van der Waals surface area contributed by atoms with Gasteiger partial charge in [0.1, 0.15) is 0 Å². The Bertz CT molecular complexity index is 165. The third-order valence-corrected chi connectivity index (χ3v) is 3.02. The molecule has 0 aromatic rings. The van der Waals surface area contributed by atoms with Crippen LogP contribution in [-0.4, -0.2) is 17.7 Å². The number of thiocarbonyl (C=S) groups is 1. The smallest absolute Gasteiger partial charge is 0.166 e. The molecule has 2 nitrogen and oxygen atoms in total. The molecule has 1 aliphatic carbocycles. The number of nitrogens with one attached hydrogen (secondary N) is 2. The second-order valence-electron chi connectivity index (χ2n) is 4.09. The zero-order chi connectivity index (χ0) is 10.2. The lowest BCUT2D eigenvalue weighted by Gasteiger charge is -2.24. The Hall–Kier alpha value is -0.310. The fourth-order valence-corrected chi connectivity index (χ4v) is 2.13. The highest BCUT2D eigenvalue weighted by atomic mass is 32.1. The van der Waals surface area contributed by atoms with Crippen LogP contribution in [0.3, 0.4) is 0 Å². The first-order chi connectivity index (χ1) is 6.83. The highest BCUT2D eigenvalue weighted by Crippen LogP contribution is 2.17. The maximum absolute atomic E-state index is 5.23. The number of hydrogen-bond acceptors (Lipinski definition) is 1. The zero-order valence-corrected chi connectivity index (χ0v) is 9.96. The monoisotopic (exact) mass is 214 g/mol. The Kier molecular flexibility index (Phi) is 5.92. The van der Waals surface area contributed by atoms with Gasteiger partial charge in [-0.15, -0.1) is 0 Å². The summed E-state index contributed by atoms with van der Waals surface area (Å²) < 4.78 is 0. The minimum atomic E-state index is 0.630. The van der Waals surface area contributed by atoms with Crippen molar-refractivity contribution in [3.8, 4) is 0 Å². The highest BCUT2D eigenvalue weighted by Gasteiger charge is 2.13. The van der Waals surface area contributed by atoms with E-state index in [1.165, 1.54) is 44.9 Å². The van der Waals surface area contributed by atoms with Crippen LogP contribution >= 0.6 is 12.2 Å². The minimum Gasteiger partial charge on any atom is -0.363 e. The van der Waals surface area contributed by atoms with Crippen LogP contribution < -0.4 is 10.6 Å². The molecule has 0 aromatic heterocycles. The van der Waals surface area contributed by atoms with Gasteiger partial charge in [0.2, 0.25) is 0 Å². The van der Waals surface area contributed by atoms with Gasteiger partial charge in [0, 0.05) is 12.6 Å². The first-order valence-corrected chi connectivity index (χ1v) is 6.28. The lowest BCUT2D eigenvalue weighted by Crippen LogP contribution is -2.42. The molecule has 0 aromatic carbocycles. The summed E-state index contributed by atoms with van der Waals surface area (Å²) in [6.07, 6.45) is 9.11. The van der Waals surface area contributed by atoms with Gasteiger partial charge in [0.05, 0.1) is 0 Å². The SMILES string of the molecule is CCCCNC(=S)NC1CCCCC1. The molecule has 2 N–H and O–H groups in total.